The molecule has 7 nitrogen and oxygen atoms in total. The second-order valence-corrected chi connectivity index (χ2v) is 11.7. The van der Waals surface area contributed by atoms with Gasteiger partial charge in [0.2, 0.25) is 5.91 Å². The van der Waals surface area contributed by atoms with Crippen molar-refractivity contribution in [2.75, 3.05) is 39.3 Å². The average Bonchev–Trinajstić information content (AvgIpc) is 3.03. The van der Waals surface area contributed by atoms with E-state index in [-0.39, 0.29) is 18.0 Å². The lowest BCUT2D eigenvalue weighted by Crippen LogP contribution is -2.50. The lowest BCUT2D eigenvalue weighted by atomic mass is 9.93. The number of benzene rings is 1. The molecule has 36 heavy (non-hydrogen) atoms. The number of carbonyl (C=O) groups is 2. The first-order valence-corrected chi connectivity index (χ1v) is 14.2. The normalized spacial score (nSPS) is 20.6. The largest absolute Gasteiger partial charge is 0.351 e. The van der Waals surface area contributed by atoms with Gasteiger partial charge in [-0.2, -0.15) is 0 Å². The summed E-state index contributed by atoms with van der Waals surface area (Å²) in [6.45, 7) is 4.15. The van der Waals surface area contributed by atoms with Gasteiger partial charge in [-0.1, -0.05) is 29.8 Å². The zero-order valence-corrected chi connectivity index (χ0v) is 23.7. The van der Waals surface area contributed by atoms with E-state index in [2.05, 4.69) is 61.0 Å². The third-order valence-electron chi connectivity index (χ3n) is 7.49. The number of pyridine rings is 1. The lowest BCUT2D eigenvalue weighted by Gasteiger charge is -2.40. The Morgan fingerprint density at radius 3 is 2.44 bits per heavy atom. The molecule has 2 N–H and O–H groups in total. The predicted octanol–water partition coefficient (Wildman–Crippen LogP) is 5.16. The molecule has 2 aromatic rings. The van der Waals surface area contributed by atoms with Crippen LogP contribution in [0.3, 0.4) is 0 Å². The van der Waals surface area contributed by atoms with Crippen LogP contribution in [-0.2, 0) is 4.79 Å². The van der Waals surface area contributed by atoms with Gasteiger partial charge < -0.3 is 15.5 Å². The van der Waals surface area contributed by atoms with E-state index in [1.807, 2.05) is 17.2 Å². The number of carbonyl (C=O) groups excluding carboxylic acids is 2. The Morgan fingerprint density at radius 2 is 1.75 bits per heavy atom. The van der Waals surface area contributed by atoms with E-state index in [1.165, 1.54) is 0 Å². The molecular formula is C26H28Br2ClN5O2. The van der Waals surface area contributed by atoms with Gasteiger partial charge in [-0.25, -0.2) is 4.79 Å². The highest BCUT2D eigenvalue weighted by Crippen LogP contribution is 2.41. The number of rotatable bonds is 3. The predicted molar refractivity (Wildman–Crippen MR) is 149 cm³/mol. The summed E-state index contributed by atoms with van der Waals surface area (Å²) in [6.07, 6.45) is 8.23. The molecule has 1 unspecified atom stereocenters. The summed E-state index contributed by atoms with van der Waals surface area (Å²) < 4.78 is 1.82. The van der Waals surface area contributed by atoms with Crippen molar-refractivity contribution in [1.29, 1.82) is 0 Å². The number of nitrogens with two attached hydrogens (primary N) is 1. The van der Waals surface area contributed by atoms with Crippen LogP contribution in [0.15, 0.2) is 33.3 Å². The maximum atomic E-state index is 13.1. The second-order valence-electron chi connectivity index (χ2n) is 9.62. The van der Waals surface area contributed by atoms with Gasteiger partial charge in [0.05, 0.1) is 16.8 Å². The summed E-state index contributed by atoms with van der Waals surface area (Å²) in [4.78, 5) is 35.4. The van der Waals surface area contributed by atoms with Crippen molar-refractivity contribution < 1.29 is 9.59 Å². The van der Waals surface area contributed by atoms with Gasteiger partial charge in [0.1, 0.15) is 0 Å². The minimum Gasteiger partial charge on any atom is -0.351 e. The summed E-state index contributed by atoms with van der Waals surface area (Å²) >= 11 is 13.7. The van der Waals surface area contributed by atoms with Crippen LogP contribution in [-0.4, -0.2) is 70.9 Å². The molecule has 0 spiro atoms. The SMILES string of the molecule is NC(=O)N1CCC(CC(=O)N2CCN(C3c4ccc(Cl)c(Br)c4C=Cc4cc(Br)cnc43)CC2)CC1. The molecule has 190 valence electrons. The van der Waals surface area contributed by atoms with E-state index in [0.29, 0.717) is 43.5 Å². The standard InChI is InChI=1S/C26H28Br2ClN5O2/c27-18-14-17-1-2-19-20(3-4-21(29)23(19)28)25(24(17)31-15-18)33-11-9-32(10-12-33)22(35)13-16-5-7-34(8-6-16)26(30)36/h1-4,14-16,25H,5-13H2,(H2,30,36). The molecule has 2 saturated heterocycles. The van der Waals surface area contributed by atoms with Gasteiger partial charge in [0.15, 0.2) is 0 Å². The number of piperidine rings is 1. The number of nitrogens with zero attached hydrogens (tertiary/aromatic N) is 4. The fraction of sp³-hybridized carbons (Fsp3) is 0.423. The molecule has 1 aliphatic carbocycles. The van der Waals surface area contributed by atoms with Crippen LogP contribution in [0.25, 0.3) is 12.2 Å². The number of fused-ring (bicyclic) bond motifs is 2. The van der Waals surface area contributed by atoms with Gasteiger partial charge in [-0.05, 0) is 79.4 Å². The molecule has 1 atom stereocenters. The number of halogens is 3. The van der Waals surface area contributed by atoms with Crippen molar-refractivity contribution in [2.24, 2.45) is 11.7 Å². The Bertz CT molecular complexity index is 1210. The third-order valence-corrected chi connectivity index (χ3v) is 9.32. The number of amides is 3. The molecule has 1 aromatic carbocycles. The highest BCUT2D eigenvalue weighted by atomic mass is 79.9. The Morgan fingerprint density at radius 1 is 1.03 bits per heavy atom. The molecule has 1 aromatic heterocycles. The number of hydrogen-bond acceptors (Lipinski definition) is 4. The minimum atomic E-state index is -0.371. The zero-order chi connectivity index (χ0) is 25.4. The number of primary amides is 1. The lowest BCUT2D eigenvalue weighted by molar-refractivity contribution is -0.134. The highest BCUT2D eigenvalue weighted by molar-refractivity contribution is 9.10. The molecule has 3 heterocycles. The summed E-state index contributed by atoms with van der Waals surface area (Å²) in [5.74, 6) is 0.509. The fourth-order valence-electron chi connectivity index (χ4n) is 5.47. The van der Waals surface area contributed by atoms with Crippen LogP contribution in [0, 0.1) is 5.92 Å². The number of likely N-dealkylation sites (tertiary alicyclic amines) is 1. The molecule has 5 rings (SSSR count). The molecule has 0 saturated carbocycles. The van der Waals surface area contributed by atoms with Crippen molar-refractivity contribution in [1.82, 2.24) is 19.7 Å². The summed E-state index contributed by atoms with van der Waals surface area (Å²) in [5, 5.41) is 0.675. The molecular weight excluding hydrogens is 610 g/mol. The van der Waals surface area contributed by atoms with E-state index >= 15 is 0 Å². The Balaban J connectivity index is 1.31. The molecule has 3 aliphatic rings. The zero-order valence-electron chi connectivity index (χ0n) is 19.8. The van der Waals surface area contributed by atoms with Gasteiger partial charge in [-0.15, -0.1) is 0 Å². The van der Waals surface area contributed by atoms with Gasteiger partial charge in [0, 0.05) is 60.8 Å². The molecule has 0 radical (unpaired) electrons. The maximum Gasteiger partial charge on any atom is 0.314 e. The first-order valence-electron chi connectivity index (χ1n) is 12.2. The van der Waals surface area contributed by atoms with E-state index < -0.39 is 0 Å². The number of aromatic nitrogens is 1. The first kappa shape index (κ1) is 25.7. The highest BCUT2D eigenvalue weighted by Gasteiger charge is 2.34. The van der Waals surface area contributed by atoms with Crippen LogP contribution < -0.4 is 5.73 Å². The topological polar surface area (TPSA) is 82.8 Å². The van der Waals surface area contributed by atoms with Gasteiger partial charge >= 0.3 is 6.03 Å². The first-order chi connectivity index (χ1) is 17.3. The Hall–Kier alpha value is -1.94. The average molecular weight is 638 g/mol. The van der Waals surface area contributed by atoms with Gasteiger partial charge in [-0.3, -0.25) is 14.7 Å². The number of hydrogen-bond donors (Lipinski definition) is 1. The van der Waals surface area contributed by atoms with E-state index in [4.69, 9.17) is 22.3 Å². The summed E-state index contributed by atoms with van der Waals surface area (Å²) in [5.41, 5.74) is 9.66. The smallest absolute Gasteiger partial charge is 0.314 e. The monoisotopic (exact) mass is 635 g/mol. The van der Waals surface area contributed by atoms with Crippen LogP contribution >= 0.6 is 43.5 Å². The number of piperazine rings is 1. The molecule has 2 fully saturated rings. The van der Waals surface area contributed by atoms with Crippen LogP contribution in [0.1, 0.15) is 47.7 Å². The van der Waals surface area contributed by atoms with Crippen LogP contribution in [0.2, 0.25) is 5.02 Å². The number of urea groups is 1. The Kier molecular flexibility index (Phi) is 7.72. The summed E-state index contributed by atoms with van der Waals surface area (Å²) in [7, 11) is 0. The van der Waals surface area contributed by atoms with Crippen molar-refractivity contribution in [3.63, 3.8) is 0 Å². The fourth-order valence-corrected chi connectivity index (χ4v) is 6.48. The van der Waals surface area contributed by atoms with Crippen LogP contribution in [0.4, 0.5) is 4.79 Å². The molecule has 2 aliphatic heterocycles. The molecule has 0 bridgehead atoms. The van der Waals surface area contributed by atoms with E-state index in [9.17, 15) is 9.59 Å². The van der Waals surface area contributed by atoms with E-state index in [0.717, 1.165) is 57.3 Å². The van der Waals surface area contributed by atoms with E-state index in [1.54, 1.807) is 4.90 Å². The van der Waals surface area contributed by atoms with Crippen molar-refractivity contribution in [3.05, 3.63) is 60.7 Å². The quantitative estimate of drug-likeness (QED) is 0.505. The van der Waals surface area contributed by atoms with Crippen molar-refractivity contribution in [3.8, 4) is 0 Å². The maximum absolute atomic E-state index is 13.1. The van der Waals surface area contributed by atoms with Crippen molar-refractivity contribution in [2.45, 2.75) is 25.3 Å². The van der Waals surface area contributed by atoms with Crippen molar-refractivity contribution >= 4 is 67.6 Å². The third kappa shape index (κ3) is 5.21. The minimum absolute atomic E-state index is 0.0398. The Labute approximate surface area is 232 Å². The molecule has 3 amide bonds. The summed E-state index contributed by atoms with van der Waals surface area (Å²) in [6, 6.07) is 5.70. The molecule has 10 heteroatoms. The second kappa shape index (κ2) is 10.8. The van der Waals surface area contributed by atoms with Gasteiger partial charge in [0.25, 0.3) is 0 Å². The van der Waals surface area contributed by atoms with Crippen LogP contribution in [0.5, 0.6) is 0 Å².